The monoisotopic (exact) mass is 278 g/mol. The van der Waals surface area contributed by atoms with Crippen LogP contribution in [0, 0.1) is 0 Å². The smallest absolute Gasteiger partial charge is 0.330 e. The zero-order valence-electron chi connectivity index (χ0n) is 10.6. The molecule has 2 N–H and O–H groups in total. The van der Waals surface area contributed by atoms with E-state index in [1.807, 2.05) is 0 Å². The molecule has 6 nitrogen and oxygen atoms in total. The molecule has 0 aliphatic rings. The van der Waals surface area contributed by atoms with Crippen LogP contribution in [-0.4, -0.2) is 35.4 Å². The molecule has 0 unspecified atom stereocenters. The van der Waals surface area contributed by atoms with Crippen molar-refractivity contribution in [2.75, 3.05) is 13.2 Å². The fraction of sp³-hybridized carbons (Fsp3) is 0.143. The van der Waals surface area contributed by atoms with E-state index in [0.29, 0.717) is 5.56 Å². The number of phenols is 2. The lowest BCUT2D eigenvalue weighted by Gasteiger charge is -2.02. The van der Waals surface area contributed by atoms with Gasteiger partial charge in [0, 0.05) is 12.2 Å². The summed E-state index contributed by atoms with van der Waals surface area (Å²) in [6.45, 7) is 3.10. The molecule has 0 heterocycles. The number of aromatic hydroxyl groups is 2. The number of carbonyl (C=O) groups excluding carboxylic acids is 2. The summed E-state index contributed by atoms with van der Waals surface area (Å²) >= 11 is 0. The Labute approximate surface area is 115 Å². The van der Waals surface area contributed by atoms with Gasteiger partial charge in [-0.2, -0.15) is 0 Å². The lowest BCUT2D eigenvalue weighted by Crippen LogP contribution is -2.11. The molecule has 0 bridgehead atoms. The van der Waals surface area contributed by atoms with Gasteiger partial charge < -0.3 is 19.7 Å². The molecule has 0 fully saturated rings. The Morgan fingerprint density at radius 1 is 1.10 bits per heavy atom. The fourth-order valence-electron chi connectivity index (χ4n) is 1.20. The van der Waals surface area contributed by atoms with Gasteiger partial charge in [-0.25, -0.2) is 9.59 Å². The van der Waals surface area contributed by atoms with Crippen molar-refractivity contribution >= 4 is 18.0 Å². The van der Waals surface area contributed by atoms with Crippen molar-refractivity contribution in [2.24, 2.45) is 0 Å². The van der Waals surface area contributed by atoms with Crippen LogP contribution in [0.1, 0.15) is 5.56 Å². The average Bonchev–Trinajstić information content (AvgIpc) is 2.44. The molecule has 0 atom stereocenters. The summed E-state index contributed by atoms with van der Waals surface area (Å²) in [6, 6.07) is 4.12. The standard InChI is InChI=1S/C14H14O6/c1-2-13(17)19-7-8-20-14(18)6-4-10-3-5-11(15)12(16)9-10/h2-6,9,15-16H,1,7-8H2/b6-4+. The second kappa shape index (κ2) is 7.63. The van der Waals surface area contributed by atoms with Crippen molar-refractivity contribution in [3.05, 3.63) is 42.5 Å². The predicted molar refractivity (Wildman–Crippen MR) is 70.9 cm³/mol. The Balaban J connectivity index is 2.38. The van der Waals surface area contributed by atoms with E-state index in [4.69, 9.17) is 9.84 Å². The van der Waals surface area contributed by atoms with E-state index in [2.05, 4.69) is 11.3 Å². The molecule has 0 saturated heterocycles. The molecule has 0 saturated carbocycles. The van der Waals surface area contributed by atoms with E-state index in [1.165, 1.54) is 24.3 Å². The molecule has 0 spiro atoms. The van der Waals surface area contributed by atoms with E-state index < -0.39 is 11.9 Å². The maximum atomic E-state index is 11.3. The maximum absolute atomic E-state index is 11.3. The minimum atomic E-state index is -0.618. The number of hydrogen-bond acceptors (Lipinski definition) is 6. The van der Waals surface area contributed by atoms with Gasteiger partial charge in [-0.1, -0.05) is 12.6 Å². The van der Waals surface area contributed by atoms with E-state index in [9.17, 15) is 14.7 Å². The number of carbonyl (C=O) groups is 2. The predicted octanol–water partition coefficient (Wildman–Crippen LogP) is 1.38. The van der Waals surface area contributed by atoms with Gasteiger partial charge in [0.25, 0.3) is 0 Å². The van der Waals surface area contributed by atoms with Crippen LogP contribution in [0.15, 0.2) is 36.9 Å². The van der Waals surface area contributed by atoms with Crippen LogP contribution in [0.4, 0.5) is 0 Å². The van der Waals surface area contributed by atoms with Gasteiger partial charge >= 0.3 is 11.9 Å². The van der Waals surface area contributed by atoms with E-state index in [1.54, 1.807) is 0 Å². The molecule has 0 aromatic heterocycles. The molecule has 1 rings (SSSR count). The van der Waals surface area contributed by atoms with Gasteiger partial charge in [-0.05, 0) is 23.8 Å². The van der Waals surface area contributed by atoms with Crippen molar-refractivity contribution in [2.45, 2.75) is 0 Å². The molecule has 0 aliphatic heterocycles. The molecule has 6 heteroatoms. The summed E-state index contributed by atoms with van der Waals surface area (Å²) in [5.74, 6) is -1.73. The summed E-state index contributed by atoms with van der Waals surface area (Å²) < 4.78 is 9.38. The minimum Gasteiger partial charge on any atom is -0.504 e. The summed E-state index contributed by atoms with van der Waals surface area (Å²) in [7, 11) is 0. The lowest BCUT2D eigenvalue weighted by molar-refractivity contribution is -0.145. The van der Waals surface area contributed by atoms with Crippen molar-refractivity contribution in [3.63, 3.8) is 0 Å². The normalized spacial score (nSPS) is 10.2. The average molecular weight is 278 g/mol. The highest BCUT2D eigenvalue weighted by Crippen LogP contribution is 2.25. The molecular weight excluding hydrogens is 264 g/mol. The van der Waals surface area contributed by atoms with Gasteiger partial charge in [0.2, 0.25) is 0 Å². The van der Waals surface area contributed by atoms with Crippen molar-refractivity contribution in [1.29, 1.82) is 0 Å². The number of hydrogen-bond donors (Lipinski definition) is 2. The fourth-order valence-corrected chi connectivity index (χ4v) is 1.20. The molecular formula is C14H14O6. The van der Waals surface area contributed by atoms with Gasteiger partial charge in [0.1, 0.15) is 13.2 Å². The zero-order valence-corrected chi connectivity index (χ0v) is 10.6. The molecule has 0 radical (unpaired) electrons. The van der Waals surface area contributed by atoms with Crippen LogP contribution in [0.5, 0.6) is 11.5 Å². The van der Waals surface area contributed by atoms with Crippen LogP contribution >= 0.6 is 0 Å². The topological polar surface area (TPSA) is 93.1 Å². The first-order valence-electron chi connectivity index (χ1n) is 5.69. The van der Waals surface area contributed by atoms with Crippen LogP contribution in [0.25, 0.3) is 6.08 Å². The van der Waals surface area contributed by atoms with Crippen LogP contribution in [0.3, 0.4) is 0 Å². The first-order chi connectivity index (χ1) is 9.52. The largest absolute Gasteiger partial charge is 0.504 e. The van der Waals surface area contributed by atoms with Crippen LogP contribution in [-0.2, 0) is 19.1 Å². The third-order valence-electron chi connectivity index (χ3n) is 2.15. The molecule has 0 amide bonds. The van der Waals surface area contributed by atoms with Crippen LogP contribution < -0.4 is 0 Å². The lowest BCUT2D eigenvalue weighted by atomic mass is 10.2. The first-order valence-corrected chi connectivity index (χ1v) is 5.69. The highest BCUT2D eigenvalue weighted by atomic mass is 16.6. The number of rotatable bonds is 6. The Hall–Kier alpha value is -2.76. The van der Waals surface area contributed by atoms with Gasteiger partial charge in [0.15, 0.2) is 11.5 Å². The molecule has 1 aromatic rings. The van der Waals surface area contributed by atoms with Gasteiger partial charge in [0.05, 0.1) is 0 Å². The Kier molecular flexibility index (Phi) is 5.83. The second-order valence-corrected chi connectivity index (χ2v) is 3.62. The Morgan fingerprint density at radius 3 is 2.35 bits per heavy atom. The zero-order chi connectivity index (χ0) is 15.0. The molecule has 0 aliphatic carbocycles. The molecule has 20 heavy (non-hydrogen) atoms. The number of benzene rings is 1. The summed E-state index contributed by atoms with van der Waals surface area (Å²) in [5, 5.41) is 18.4. The van der Waals surface area contributed by atoms with E-state index in [0.717, 1.165) is 12.2 Å². The van der Waals surface area contributed by atoms with Crippen molar-refractivity contribution in [3.8, 4) is 11.5 Å². The number of esters is 2. The second-order valence-electron chi connectivity index (χ2n) is 3.62. The Bertz CT molecular complexity index is 532. The highest BCUT2D eigenvalue weighted by Gasteiger charge is 2.01. The van der Waals surface area contributed by atoms with E-state index in [-0.39, 0.29) is 24.7 Å². The summed E-state index contributed by atoms with van der Waals surface area (Å²) in [6.07, 6.45) is 3.58. The van der Waals surface area contributed by atoms with Gasteiger partial charge in [-0.3, -0.25) is 0 Å². The Morgan fingerprint density at radius 2 is 1.75 bits per heavy atom. The van der Waals surface area contributed by atoms with Crippen LogP contribution in [0.2, 0.25) is 0 Å². The minimum absolute atomic E-state index is 0.0512. The molecule has 106 valence electrons. The first kappa shape index (κ1) is 15.3. The molecule has 1 aromatic carbocycles. The van der Waals surface area contributed by atoms with Crippen molar-refractivity contribution in [1.82, 2.24) is 0 Å². The quantitative estimate of drug-likeness (QED) is 0.353. The maximum Gasteiger partial charge on any atom is 0.330 e. The van der Waals surface area contributed by atoms with Crippen molar-refractivity contribution < 1.29 is 29.3 Å². The SMILES string of the molecule is C=CC(=O)OCCOC(=O)/C=C/c1ccc(O)c(O)c1. The highest BCUT2D eigenvalue weighted by molar-refractivity contribution is 5.87. The third kappa shape index (κ3) is 5.26. The summed E-state index contributed by atoms with van der Waals surface area (Å²) in [4.78, 5) is 22.0. The third-order valence-corrected chi connectivity index (χ3v) is 2.15. The number of ether oxygens (including phenoxy) is 2. The number of phenolic OH excluding ortho intramolecular Hbond substituents is 2. The van der Waals surface area contributed by atoms with E-state index >= 15 is 0 Å². The summed E-state index contributed by atoms with van der Waals surface area (Å²) in [5.41, 5.74) is 0.523. The van der Waals surface area contributed by atoms with Gasteiger partial charge in [-0.15, -0.1) is 0 Å².